The van der Waals surface area contributed by atoms with Crippen LogP contribution in [0.5, 0.6) is 6.01 Å². The minimum Gasteiger partial charge on any atom is -0.457 e. The highest BCUT2D eigenvalue weighted by molar-refractivity contribution is 5.36. The molecule has 3 aromatic rings. The predicted molar refractivity (Wildman–Crippen MR) is 87.9 cm³/mol. The maximum atomic E-state index is 13.4. The van der Waals surface area contributed by atoms with Gasteiger partial charge in [0.05, 0.1) is 18.0 Å². The molecular weight excluding hydrogens is 344 g/mol. The number of alkyl halides is 2. The van der Waals surface area contributed by atoms with Crippen molar-refractivity contribution in [1.29, 1.82) is 0 Å². The first-order valence-corrected chi connectivity index (χ1v) is 7.85. The molecule has 0 aliphatic carbocycles. The molecular formula is C17H17F2N5O2. The fourth-order valence-corrected chi connectivity index (χ4v) is 2.17. The van der Waals surface area contributed by atoms with E-state index < -0.39 is 12.0 Å². The third-order valence-corrected chi connectivity index (χ3v) is 3.64. The molecule has 0 aliphatic heterocycles. The Morgan fingerprint density at radius 3 is 2.65 bits per heavy atom. The van der Waals surface area contributed by atoms with Crippen LogP contribution in [-0.2, 0) is 12.5 Å². The molecule has 0 amide bonds. The van der Waals surface area contributed by atoms with Crippen LogP contribution in [0, 0.1) is 0 Å². The summed E-state index contributed by atoms with van der Waals surface area (Å²) in [6, 6.07) is 6.05. The first kappa shape index (κ1) is 17.9. The highest BCUT2D eigenvalue weighted by Gasteiger charge is 2.24. The topological polar surface area (TPSA) is 86.0 Å². The van der Waals surface area contributed by atoms with Gasteiger partial charge in [-0.1, -0.05) is 17.3 Å². The first-order chi connectivity index (χ1) is 12.3. The first-order valence-electron chi connectivity index (χ1n) is 7.85. The molecule has 0 radical (unpaired) electrons. The number of rotatable bonds is 6. The number of nitrogens with zero attached hydrogens (tertiary/aromatic N) is 5. The van der Waals surface area contributed by atoms with Gasteiger partial charge in [-0.2, -0.15) is 0 Å². The summed E-state index contributed by atoms with van der Waals surface area (Å²) in [5, 5.41) is 17.3. The standard InChI is InChI=1S/C17H17F2N5O2/c1-11(25)12-7-20-16(21-8-12)26-10-14-9-24(23-22-14)15-5-3-4-13(6-15)17(2,18)19/h3-9,11,25H,10H2,1-2H3/t11-/m0/s1. The number of hydrogen-bond acceptors (Lipinski definition) is 6. The lowest BCUT2D eigenvalue weighted by molar-refractivity contribution is 0.0174. The van der Waals surface area contributed by atoms with Gasteiger partial charge in [0, 0.05) is 30.4 Å². The van der Waals surface area contributed by atoms with Crippen LogP contribution < -0.4 is 4.74 Å². The van der Waals surface area contributed by atoms with Crippen LogP contribution >= 0.6 is 0 Å². The van der Waals surface area contributed by atoms with Gasteiger partial charge in [0.2, 0.25) is 0 Å². The summed E-state index contributed by atoms with van der Waals surface area (Å²) in [5.41, 5.74) is 1.44. The van der Waals surface area contributed by atoms with Gasteiger partial charge in [-0.3, -0.25) is 0 Å². The summed E-state index contributed by atoms with van der Waals surface area (Å²) in [7, 11) is 0. The summed E-state index contributed by atoms with van der Waals surface area (Å²) < 4.78 is 33.7. The number of hydrogen-bond donors (Lipinski definition) is 1. The van der Waals surface area contributed by atoms with E-state index in [1.54, 1.807) is 19.2 Å². The quantitative estimate of drug-likeness (QED) is 0.727. The van der Waals surface area contributed by atoms with Crippen molar-refractivity contribution >= 4 is 0 Å². The second-order valence-corrected chi connectivity index (χ2v) is 5.86. The Kier molecular flexibility index (Phi) is 4.90. The summed E-state index contributed by atoms with van der Waals surface area (Å²) >= 11 is 0. The number of aliphatic hydroxyl groups excluding tert-OH is 1. The third-order valence-electron chi connectivity index (χ3n) is 3.64. The number of aliphatic hydroxyl groups is 1. The van der Waals surface area contributed by atoms with E-state index in [1.165, 1.54) is 35.3 Å². The SMILES string of the molecule is C[C@H](O)c1cnc(OCc2cn(-c3cccc(C(C)(F)F)c3)nn2)nc1. The zero-order valence-electron chi connectivity index (χ0n) is 14.2. The van der Waals surface area contributed by atoms with Crippen molar-refractivity contribution in [3.8, 4) is 11.7 Å². The Bertz CT molecular complexity index is 875. The number of halogens is 2. The van der Waals surface area contributed by atoms with Crippen LogP contribution in [0.1, 0.15) is 36.8 Å². The van der Waals surface area contributed by atoms with E-state index in [0.717, 1.165) is 6.92 Å². The average Bonchev–Trinajstić information content (AvgIpc) is 3.09. The maximum Gasteiger partial charge on any atom is 0.316 e. The van der Waals surface area contributed by atoms with E-state index in [4.69, 9.17) is 4.74 Å². The summed E-state index contributed by atoms with van der Waals surface area (Å²) in [6.07, 6.45) is 3.87. The monoisotopic (exact) mass is 361 g/mol. The highest BCUT2D eigenvalue weighted by atomic mass is 19.3. The van der Waals surface area contributed by atoms with Crippen molar-refractivity contribution in [2.45, 2.75) is 32.5 Å². The van der Waals surface area contributed by atoms with Crippen LogP contribution in [0.15, 0.2) is 42.9 Å². The van der Waals surface area contributed by atoms with E-state index in [1.807, 2.05) is 0 Å². The third kappa shape index (κ3) is 4.17. The van der Waals surface area contributed by atoms with Crippen LogP contribution in [0.25, 0.3) is 5.69 Å². The zero-order valence-corrected chi connectivity index (χ0v) is 14.2. The zero-order chi connectivity index (χ0) is 18.7. The summed E-state index contributed by atoms with van der Waals surface area (Å²) in [5.74, 6) is -2.93. The van der Waals surface area contributed by atoms with Gasteiger partial charge in [0.1, 0.15) is 12.3 Å². The average molecular weight is 361 g/mol. The molecule has 1 atom stereocenters. The van der Waals surface area contributed by atoms with Crippen LogP contribution in [0.3, 0.4) is 0 Å². The molecule has 0 saturated carbocycles. The van der Waals surface area contributed by atoms with Gasteiger partial charge in [0.15, 0.2) is 0 Å². The van der Waals surface area contributed by atoms with Gasteiger partial charge >= 0.3 is 6.01 Å². The number of ether oxygens (including phenoxy) is 1. The molecule has 2 aromatic heterocycles. The summed E-state index contributed by atoms with van der Waals surface area (Å²) in [4.78, 5) is 7.97. The van der Waals surface area contributed by atoms with Gasteiger partial charge < -0.3 is 9.84 Å². The Morgan fingerprint density at radius 1 is 1.27 bits per heavy atom. The molecule has 2 heterocycles. The van der Waals surface area contributed by atoms with Crippen molar-refractivity contribution in [2.24, 2.45) is 0 Å². The molecule has 7 nitrogen and oxygen atoms in total. The molecule has 0 saturated heterocycles. The second kappa shape index (κ2) is 7.12. The van der Waals surface area contributed by atoms with Crippen LogP contribution in [0.2, 0.25) is 0 Å². The van der Waals surface area contributed by atoms with Crippen molar-refractivity contribution in [2.75, 3.05) is 0 Å². The van der Waals surface area contributed by atoms with Crippen LogP contribution in [0.4, 0.5) is 8.78 Å². The smallest absolute Gasteiger partial charge is 0.316 e. The summed E-state index contributed by atoms with van der Waals surface area (Å²) in [6.45, 7) is 2.52. The van der Waals surface area contributed by atoms with Crippen LogP contribution in [-0.4, -0.2) is 30.1 Å². The molecule has 0 aliphatic rings. The van der Waals surface area contributed by atoms with E-state index >= 15 is 0 Å². The van der Waals surface area contributed by atoms with Gasteiger partial charge in [-0.05, 0) is 19.1 Å². The second-order valence-electron chi connectivity index (χ2n) is 5.86. The Balaban J connectivity index is 1.68. The van der Waals surface area contributed by atoms with E-state index in [2.05, 4.69) is 20.3 Å². The lowest BCUT2D eigenvalue weighted by atomic mass is 10.1. The fourth-order valence-electron chi connectivity index (χ4n) is 2.17. The Hall–Kier alpha value is -2.94. The normalized spacial score (nSPS) is 12.8. The molecule has 1 N–H and O–H groups in total. The maximum absolute atomic E-state index is 13.4. The fraction of sp³-hybridized carbons (Fsp3) is 0.294. The molecule has 0 spiro atoms. The van der Waals surface area contributed by atoms with Gasteiger partial charge in [-0.25, -0.2) is 23.4 Å². The highest BCUT2D eigenvalue weighted by Crippen LogP contribution is 2.28. The lowest BCUT2D eigenvalue weighted by Crippen LogP contribution is -2.08. The largest absolute Gasteiger partial charge is 0.457 e. The van der Waals surface area contributed by atoms with E-state index in [9.17, 15) is 13.9 Å². The molecule has 3 rings (SSSR count). The number of aromatic nitrogens is 5. The molecule has 26 heavy (non-hydrogen) atoms. The van der Waals surface area contributed by atoms with Crippen molar-refractivity contribution in [3.05, 3.63) is 59.7 Å². The van der Waals surface area contributed by atoms with Gasteiger partial charge in [0.25, 0.3) is 5.92 Å². The van der Waals surface area contributed by atoms with Gasteiger partial charge in [-0.15, -0.1) is 5.10 Å². The van der Waals surface area contributed by atoms with Crippen molar-refractivity contribution in [3.63, 3.8) is 0 Å². The molecule has 136 valence electrons. The molecule has 0 fully saturated rings. The molecule has 1 aromatic carbocycles. The van der Waals surface area contributed by atoms with Crippen molar-refractivity contribution in [1.82, 2.24) is 25.0 Å². The predicted octanol–water partition coefficient (Wildman–Crippen LogP) is 2.80. The molecule has 0 bridgehead atoms. The number of benzene rings is 1. The minimum absolute atomic E-state index is 0.0671. The van der Waals surface area contributed by atoms with E-state index in [-0.39, 0.29) is 18.2 Å². The molecule has 9 heteroatoms. The minimum atomic E-state index is -2.93. The van der Waals surface area contributed by atoms with E-state index in [0.29, 0.717) is 16.9 Å². The van der Waals surface area contributed by atoms with Crippen molar-refractivity contribution < 1.29 is 18.6 Å². The Labute approximate surface area is 148 Å². The Morgan fingerprint density at radius 2 is 2.00 bits per heavy atom. The lowest BCUT2D eigenvalue weighted by Gasteiger charge is -2.11. The molecule has 0 unspecified atom stereocenters.